The molecule has 234 valence electrons. The molecule has 0 spiro atoms. The molecule has 1 saturated heterocycles. The summed E-state index contributed by atoms with van der Waals surface area (Å²) in [5.74, 6) is -0.286. The van der Waals surface area contributed by atoms with Gasteiger partial charge in [-0.25, -0.2) is 13.8 Å². The number of hydrazone groups is 1. The van der Waals surface area contributed by atoms with Gasteiger partial charge in [-0.3, -0.25) is 9.59 Å². The summed E-state index contributed by atoms with van der Waals surface area (Å²) in [5, 5.41) is 7.70. The lowest BCUT2D eigenvalue weighted by atomic mass is 9.98. The molecule has 1 aliphatic heterocycles. The first-order valence-corrected chi connectivity index (χ1v) is 16.3. The first-order valence-electron chi connectivity index (χ1n) is 14.5. The molecule has 0 saturated carbocycles. The highest BCUT2D eigenvalue weighted by Gasteiger charge is 2.33. The molecule has 0 radical (unpaired) electrons. The molecule has 3 aromatic rings. The average Bonchev–Trinajstić information content (AvgIpc) is 2.96. The largest absolute Gasteiger partial charge is 0.481 e. The Bertz CT molecular complexity index is 1660. The van der Waals surface area contributed by atoms with Crippen molar-refractivity contribution in [3.63, 3.8) is 0 Å². The van der Waals surface area contributed by atoms with Crippen LogP contribution in [0, 0.1) is 33.6 Å². The molecule has 44 heavy (non-hydrogen) atoms. The van der Waals surface area contributed by atoms with E-state index in [0.29, 0.717) is 39.9 Å². The Morgan fingerprint density at radius 1 is 0.955 bits per heavy atom. The van der Waals surface area contributed by atoms with Gasteiger partial charge in [0.25, 0.3) is 5.91 Å². The minimum atomic E-state index is -3.65. The molecular weight excluding hydrogens is 600 g/mol. The Labute approximate surface area is 264 Å². The van der Waals surface area contributed by atoms with Crippen molar-refractivity contribution in [1.29, 1.82) is 0 Å². The van der Waals surface area contributed by atoms with Crippen LogP contribution in [0.2, 0.25) is 5.02 Å². The number of nitrogens with zero attached hydrogens (tertiary/aromatic N) is 2. The summed E-state index contributed by atoms with van der Waals surface area (Å²) in [6.07, 6.45) is 0.103. The summed E-state index contributed by atoms with van der Waals surface area (Å²) in [6.45, 7) is 11.4. The van der Waals surface area contributed by atoms with Crippen LogP contribution in [-0.4, -0.2) is 49.4 Å². The quantitative estimate of drug-likeness (QED) is 0.223. The van der Waals surface area contributed by atoms with E-state index in [4.69, 9.17) is 16.3 Å². The van der Waals surface area contributed by atoms with Crippen molar-refractivity contribution in [3.8, 4) is 5.75 Å². The number of nitrogens with one attached hydrogen (secondary N) is 2. The van der Waals surface area contributed by atoms with Crippen LogP contribution in [0.25, 0.3) is 0 Å². The van der Waals surface area contributed by atoms with E-state index in [-0.39, 0.29) is 30.8 Å². The molecule has 0 aromatic heterocycles. The van der Waals surface area contributed by atoms with E-state index < -0.39 is 16.1 Å². The summed E-state index contributed by atoms with van der Waals surface area (Å²) in [7, 11) is -3.65. The fourth-order valence-corrected chi connectivity index (χ4v) is 7.49. The number of benzene rings is 3. The summed E-state index contributed by atoms with van der Waals surface area (Å²) in [5.41, 5.74) is 7.92. The number of piperidine rings is 1. The molecule has 1 fully saturated rings. The average molecular weight is 639 g/mol. The maximum Gasteiger partial charge on any atom is 0.265 e. The molecule has 3 aromatic carbocycles. The van der Waals surface area contributed by atoms with Gasteiger partial charge in [-0.2, -0.15) is 9.41 Å². The van der Waals surface area contributed by atoms with Gasteiger partial charge in [0.2, 0.25) is 15.9 Å². The van der Waals surface area contributed by atoms with E-state index in [1.165, 1.54) is 4.31 Å². The molecule has 11 heteroatoms. The molecule has 2 N–H and O–H groups in total. The molecular formula is C33H39ClN4O5S. The Kier molecular flexibility index (Phi) is 10.5. The number of hydrogen-bond donors (Lipinski definition) is 2. The molecule has 0 aliphatic carbocycles. The number of aryl methyl sites for hydroxylation is 4. The number of sulfonamides is 1. The molecule has 2 amide bonds. The van der Waals surface area contributed by atoms with Crippen molar-refractivity contribution in [2.24, 2.45) is 11.0 Å². The zero-order valence-corrected chi connectivity index (χ0v) is 27.5. The van der Waals surface area contributed by atoms with Gasteiger partial charge in [0.05, 0.1) is 10.6 Å². The summed E-state index contributed by atoms with van der Waals surface area (Å²) < 4.78 is 34.0. The van der Waals surface area contributed by atoms with Crippen LogP contribution in [-0.2, 0) is 19.6 Å². The highest BCUT2D eigenvalue weighted by Crippen LogP contribution is 2.29. The van der Waals surface area contributed by atoms with Gasteiger partial charge in [0.1, 0.15) is 5.75 Å². The first-order chi connectivity index (χ1) is 20.8. The van der Waals surface area contributed by atoms with Gasteiger partial charge < -0.3 is 10.1 Å². The number of carbonyl (C=O) groups excluding carboxylic acids is 2. The minimum Gasteiger partial charge on any atom is -0.481 e. The number of carbonyl (C=O) groups is 2. The Balaban J connectivity index is 1.29. The van der Waals surface area contributed by atoms with Gasteiger partial charge in [0.15, 0.2) is 6.10 Å². The predicted octanol–water partition coefficient (Wildman–Crippen LogP) is 5.92. The van der Waals surface area contributed by atoms with Crippen LogP contribution in [0.1, 0.15) is 54.5 Å². The summed E-state index contributed by atoms with van der Waals surface area (Å²) in [6, 6.07) is 16.1. The van der Waals surface area contributed by atoms with Crippen LogP contribution in [0.15, 0.2) is 64.6 Å². The van der Waals surface area contributed by atoms with Crippen molar-refractivity contribution in [2.45, 2.75) is 65.4 Å². The lowest BCUT2D eigenvalue weighted by Crippen LogP contribution is -2.42. The van der Waals surface area contributed by atoms with Gasteiger partial charge in [-0.05, 0) is 107 Å². The molecule has 1 aliphatic rings. The van der Waals surface area contributed by atoms with Crippen molar-refractivity contribution >= 4 is 44.8 Å². The van der Waals surface area contributed by atoms with Gasteiger partial charge in [-0.1, -0.05) is 41.4 Å². The number of amides is 2. The van der Waals surface area contributed by atoms with Crippen LogP contribution in [0.3, 0.4) is 0 Å². The van der Waals surface area contributed by atoms with Crippen LogP contribution < -0.4 is 15.5 Å². The lowest BCUT2D eigenvalue weighted by molar-refractivity contribution is -0.126. The molecule has 1 unspecified atom stereocenters. The molecule has 1 atom stereocenters. The monoisotopic (exact) mass is 638 g/mol. The standard InChI is InChI=1S/C33H39ClN4O5S/c1-20-17-22(3)31(23(4)18-20)44(41,42)38-15-13-27(14-16-38)33(40)37-36-24(5)26-7-10-29(11-8-26)35-32(39)25(6)43-30-12-9-28(34)19-21(30)2/h7-12,17-19,25,27H,13-16H2,1-6H3,(H,35,39)(H,37,40). The van der Waals surface area contributed by atoms with E-state index in [0.717, 1.165) is 27.8 Å². The number of anilines is 1. The van der Waals surface area contributed by atoms with E-state index in [9.17, 15) is 18.0 Å². The van der Waals surface area contributed by atoms with Gasteiger partial charge in [-0.15, -0.1) is 0 Å². The lowest BCUT2D eigenvalue weighted by Gasteiger charge is -2.31. The number of halogens is 1. The third-order valence-electron chi connectivity index (χ3n) is 7.74. The Hall–Kier alpha value is -3.73. The van der Waals surface area contributed by atoms with Crippen molar-refractivity contribution in [1.82, 2.24) is 9.73 Å². The normalized spacial score (nSPS) is 15.5. The SMILES string of the molecule is CC(=NNC(=O)C1CCN(S(=O)(=O)c2c(C)cc(C)cc2C)CC1)c1ccc(NC(=O)C(C)Oc2ccc(Cl)cc2C)cc1. The second-order valence-electron chi connectivity index (χ2n) is 11.3. The maximum atomic E-state index is 13.4. The van der Waals surface area contributed by atoms with Crippen LogP contribution >= 0.6 is 11.6 Å². The number of rotatable bonds is 9. The zero-order chi connectivity index (χ0) is 32.2. The van der Waals surface area contributed by atoms with E-state index >= 15 is 0 Å². The van der Waals surface area contributed by atoms with Gasteiger partial charge in [0, 0.05) is 29.7 Å². The number of ether oxygens (including phenoxy) is 1. The van der Waals surface area contributed by atoms with Crippen LogP contribution in [0.5, 0.6) is 5.75 Å². The Morgan fingerprint density at radius 2 is 1.57 bits per heavy atom. The van der Waals surface area contributed by atoms with Gasteiger partial charge >= 0.3 is 0 Å². The highest BCUT2D eigenvalue weighted by molar-refractivity contribution is 7.89. The highest BCUT2D eigenvalue weighted by atomic mass is 35.5. The van der Waals surface area contributed by atoms with Crippen molar-refractivity contribution < 1.29 is 22.7 Å². The third-order valence-corrected chi connectivity index (χ3v) is 10.2. The predicted molar refractivity (Wildman–Crippen MR) is 174 cm³/mol. The van der Waals surface area contributed by atoms with Crippen molar-refractivity contribution in [2.75, 3.05) is 18.4 Å². The smallest absolute Gasteiger partial charge is 0.265 e. The molecule has 1 heterocycles. The zero-order valence-electron chi connectivity index (χ0n) is 25.9. The Morgan fingerprint density at radius 3 is 2.16 bits per heavy atom. The second-order valence-corrected chi connectivity index (χ2v) is 13.6. The van der Waals surface area contributed by atoms with E-state index in [1.54, 1.807) is 56.3 Å². The summed E-state index contributed by atoms with van der Waals surface area (Å²) in [4.78, 5) is 25.9. The first kappa shape index (κ1) is 33.2. The van der Waals surface area contributed by atoms with Crippen molar-refractivity contribution in [3.05, 3.63) is 87.4 Å². The molecule has 0 bridgehead atoms. The third kappa shape index (κ3) is 7.85. The second kappa shape index (κ2) is 13.9. The topological polar surface area (TPSA) is 117 Å². The minimum absolute atomic E-state index is 0.238. The molecule has 4 rings (SSSR count). The summed E-state index contributed by atoms with van der Waals surface area (Å²) >= 11 is 5.99. The van der Waals surface area contributed by atoms with Crippen LogP contribution in [0.4, 0.5) is 5.69 Å². The fraction of sp³-hybridized carbons (Fsp3) is 0.364. The van der Waals surface area contributed by atoms with E-state index in [1.807, 2.05) is 39.8 Å². The van der Waals surface area contributed by atoms with E-state index in [2.05, 4.69) is 15.8 Å². The molecule has 9 nitrogen and oxygen atoms in total. The number of hydrogen-bond acceptors (Lipinski definition) is 6. The maximum absolute atomic E-state index is 13.4. The fourth-order valence-electron chi connectivity index (χ4n) is 5.38.